The van der Waals surface area contributed by atoms with E-state index in [0.717, 1.165) is 52.1 Å². The van der Waals surface area contributed by atoms with E-state index in [2.05, 4.69) is 167 Å². The zero-order valence-electron chi connectivity index (χ0n) is 49.9. The summed E-state index contributed by atoms with van der Waals surface area (Å²) in [5, 5.41) is 1.17. The zero-order valence-corrected chi connectivity index (χ0v) is 43.7. The second-order valence-corrected chi connectivity index (χ2v) is 26.4. The lowest BCUT2D eigenvalue weighted by Gasteiger charge is -2.44. The van der Waals surface area contributed by atoms with Crippen LogP contribution in [-0.2, 0) is 32.5 Å². The highest BCUT2D eigenvalue weighted by atomic mass is 32.1. The number of anilines is 6. The van der Waals surface area contributed by atoms with Gasteiger partial charge in [0.15, 0.2) is 0 Å². The number of thiophene rings is 1. The molecule has 0 saturated heterocycles. The molecule has 2 nitrogen and oxygen atoms in total. The van der Waals surface area contributed by atoms with Crippen molar-refractivity contribution >= 4 is 78.0 Å². The van der Waals surface area contributed by atoms with Crippen molar-refractivity contribution < 1.29 is 9.60 Å². The molecule has 0 unspecified atom stereocenters. The molecular weight excluding hydrogens is 828 g/mol. The summed E-state index contributed by atoms with van der Waals surface area (Å²) < 4.78 is 68.5. The fraction of sp³-hybridized carbons (Fsp3) is 0.397. The van der Waals surface area contributed by atoms with Crippen LogP contribution in [-0.4, -0.2) is 6.71 Å². The summed E-state index contributed by atoms with van der Waals surface area (Å²) in [6.45, 7) is 32.3. The third-order valence-electron chi connectivity index (χ3n) is 15.2. The van der Waals surface area contributed by atoms with Gasteiger partial charge in [-0.1, -0.05) is 165 Å². The Kier molecular flexibility index (Phi) is 8.46. The van der Waals surface area contributed by atoms with E-state index in [-0.39, 0.29) is 69.1 Å². The van der Waals surface area contributed by atoms with E-state index in [4.69, 9.17) is 0 Å². The Morgan fingerprint density at radius 1 is 0.552 bits per heavy atom. The fourth-order valence-electron chi connectivity index (χ4n) is 10.9. The first kappa shape index (κ1) is 37.9. The Balaban J connectivity index is 1.38. The number of hydrogen-bond acceptors (Lipinski definition) is 3. The van der Waals surface area contributed by atoms with Gasteiger partial charge < -0.3 is 9.80 Å². The lowest BCUT2D eigenvalue weighted by Crippen LogP contribution is -2.60. The molecule has 3 heterocycles. The summed E-state index contributed by atoms with van der Waals surface area (Å²) in [5.74, 6) is 0. The molecule has 0 N–H and O–H groups in total. The predicted octanol–water partition coefficient (Wildman–Crippen LogP) is 16.5. The summed E-state index contributed by atoms with van der Waals surface area (Å²) in [4.78, 5) is 4.54. The van der Waals surface area contributed by atoms with E-state index in [0.29, 0.717) is 22.5 Å². The Bertz CT molecular complexity index is 3450. The van der Waals surface area contributed by atoms with E-state index < -0.39 is 12.3 Å². The van der Waals surface area contributed by atoms with Crippen LogP contribution in [0, 0.1) is 6.85 Å². The highest BCUT2D eigenvalue weighted by molar-refractivity contribution is 7.33. The monoisotopic (exact) mass is 908 g/mol. The van der Waals surface area contributed by atoms with Crippen molar-refractivity contribution in [2.24, 2.45) is 0 Å². The van der Waals surface area contributed by atoms with Gasteiger partial charge in [0, 0.05) is 47.3 Å². The van der Waals surface area contributed by atoms with Gasteiger partial charge in [-0.15, -0.1) is 11.3 Å². The van der Waals surface area contributed by atoms with Gasteiger partial charge in [-0.05, 0) is 162 Å². The molecule has 1 aromatic heterocycles. The number of benzene rings is 6. The molecule has 0 bridgehead atoms. The van der Waals surface area contributed by atoms with Crippen LogP contribution < -0.4 is 25.5 Å². The van der Waals surface area contributed by atoms with Crippen LogP contribution in [0.25, 0.3) is 21.2 Å². The van der Waals surface area contributed by atoms with Crippen LogP contribution >= 0.6 is 11.3 Å². The minimum atomic E-state index is -2.50. The Hall–Kier alpha value is -5.06. The van der Waals surface area contributed by atoms with Gasteiger partial charge in [0.05, 0.1) is 16.9 Å². The Morgan fingerprint density at radius 2 is 1.07 bits per heavy atom. The van der Waals surface area contributed by atoms with E-state index >= 15 is 0 Å². The van der Waals surface area contributed by atoms with Gasteiger partial charge in [0.2, 0.25) is 0 Å². The SMILES string of the molecule is [2H]c1c([2H])c(C(C)(C)C)c([2H])c([2H])c1-c1cc(C(C)(C)C)ccc1N1c2ccc(C(C)(C)C)cc2B2c3sc4cc5c(cc4c3N(c3ccc(C(C)(C)C)cc3)c3cc(C([2H])([2H])[2H])cc1c32)C(C)(C)CCC5(C)C. The molecule has 6 aromatic carbocycles. The molecule has 2 aliphatic heterocycles. The van der Waals surface area contributed by atoms with E-state index in [1.54, 1.807) is 0 Å². The number of nitrogens with zero attached hydrogens (tertiary/aromatic N) is 2. The third kappa shape index (κ3) is 7.51. The van der Waals surface area contributed by atoms with Crippen molar-refractivity contribution in [2.75, 3.05) is 9.80 Å². The van der Waals surface area contributed by atoms with Crippen LogP contribution in [0.4, 0.5) is 34.1 Å². The summed E-state index contributed by atoms with van der Waals surface area (Å²) in [7, 11) is 0. The van der Waals surface area contributed by atoms with Gasteiger partial charge in [0.1, 0.15) is 0 Å². The molecule has 67 heavy (non-hydrogen) atoms. The maximum Gasteiger partial charge on any atom is 0.264 e. The average molecular weight is 908 g/mol. The average Bonchev–Trinajstić information content (AvgIpc) is 3.66. The minimum Gasteiger partial charge on any atom is -0.311 e. The van der Waals surface area contributed by atoms with Crippen molar-refractivity contribution in [1.29, 1.82) is 0 Å². The minimum absolute atomic E-state index is 0.0110. The van der Waals surface area contributed by atoms with Crippen LogP contribution in [0.1, 0.15) is 172 Å². The van der Waals surface area contributed by atoms with Crippen molar-refractivity contribution in [1.82, 2.24) is 0 Å². The Morgan fingerprint density at radius 3 is 1.64 bits per heavy atom. The molecular formula is C63H73BN2S. The second-order valence-electron chi connectivity index (χ2n) is 25.3. The molecule has 1 aliphatic carbocycles. The molecule has 4 heteroatoms. The zero-order chi connectivity index (χ0) is 54.1. The lowest BCUT2D eigenvalue weighted by molar-refractivity contribution is 0.332. The molecule has 0 saturated carbocycles. The predicted molar refractivity (Wildman–Crippen MR) is 296 cm³/mol. The first-order valence-corrected chi connectivity index (χ1v) is 25.2. The molecule has 0 amide bonds. The normalized spacial score (nSPS) is 18.1. The number of hydrogen-bond donors (Lipinski definition) is 0. The molecule has 3 aliphatic rings. The summed E-state index contributed by atoms with van der Waals surface area (Å²) >= 11 is 1.85. The summed E-state index contributed by atoms with van der Waals surface area (Å²) in [6.07, 6.45) is 2.17. The maximum absolute atomic E-state index is 9.77. The van der Waals surface area contributed by atoms with Crippen molar-refractivity contribution in [3.05, 3.63) is 148 Å². The maximum atomic E-state index is 9.77. The van der Waals surface area contributed by atoms with Gasteiger partial charge in [-0.2, -0.15) is 0 Å². The van der Waals surface area contributed by atoms with Crippen LogP contribution in [0.2, 0.25) is 0 Å². The second kappa shape index (κ2) is 15.0. The van der Waals surface area contributed by atoms with Gasteiger partial charge in [-0.25, -0.2) is 0 Å². The molecule has 0 atom stereocenters. The highest BCUT2D eigenvalue weighted by Gasteiger charge is 2.47. The standard InChI is InChI=1S/C63H73BN2S/c1-38-32-52-55-53(33-38)66(50-28-24-42(60(8,9)10)34-45(50)39-18-20-40(21-19-39)58(2,3)4)51-29-25-43(61(11,12)13)35-49(51)64(55)57-56(65(52)44-26-22-41(23-27-44)59(5,6)7)46-36-47-48(37-54(46)67-57)63(16,17)31-30-62(47,14)15/h18-29,32-37H,30-31H2,1-17H3/i1D3,18D,19D,20D,21D. The summed E-state index contributed by atoms with van der Waals surface area (Å²) in [6, 6.07) is 30.2. The topological polar surface area (TPSA) is 6.48 Å². The van der Waals surface area contributed by atoms with Crippen molar-refractivity contribution in [3.63, 3.8) is 0 Å². The Labute approximate surface area is 417 Å². The molecule has 0 fully saturated rings. The van der Waals surface area contributed by atoms with Crippen LogP contribution in [0.5, 0.6) is 0 Å². The smallest absolute Gasteiger partial charge is 0.264 e. The van der Waals surface area contributed by atoms with Gasteiger partial charge >= 0.3 is 0 Å². The van der Waals surface area contributed by atoms with E-state index in [1.165, 1.54) is 37.1 Å². The number of fused-ring (bicyclic) bond motifs is 7. The van der Waals surface area contributed by atoms with Crippen molar-refractivity contribution in [2.45, 2.75) is 163 Å². The van der Waals surface area contributed by atoms with Crippen molar-refractivity contribution in [3.8, 4) is 11.1 Å². The molecule has 0 radical (unpaired) electrons. The highest BCUT2D eigenvalue weighted by Crippen LogP contribution is 2.53. The summed E-state index contributed by atoms with van der Waals surface area (Å²) in [5.41, 5.74) is 13.2. The van der Waals surface area contributed by atoms with Gasteiger partial charge in [0.25, 0.3) is 6.71 Å². The molecule has 7 aromatic rings. The van der Waals surface area contributed by atoms with Crippen LogP contribution in [0.15, 0.2) is 109 Å². The van der Waals surface area contributed by atoms with E-state index in [9.17, 15) is 9.60 Å². The van der Waals surface area contributed by atoms with E-state index in [1.807, 2.05) is 50.3 Å². The first-order valence-electron chi connectivity index (χ1n) is 27.9. The molecule has 344 valence electrons. The first-order chi connectivity index (χ1) is 34.0. The molecule has 10 rings (SSSR count). The third-order valence-corrected chi connectivity index (χ3v) is 16.4. The van der Waals surface area contributed by atoms with Crippen LogP contribution in [0.3, 0.4) is 0 Å². The fourth-order valence-corrected chi connectivity index (χ4v) is 12.2. The molecule has 0 spiro atoms. The number of aryl methyl sites for hydroxylation is 1. The quantitative estimate of drug-likeness (QED) is 0.163. The lowest BCUT2D eigenvalue weighted by atomic mass is 9.36. The largest absolute Gasteiger partial charge is 0.311 e. The van der Waals surface area contributed by atoms with Gasteiger partial charge in [-0.3, -0.25) is 0 Å². The number of rotatable bonds is 3.